The van der Waals surface area contributed by atoms with Crippen LogP contribution in [-0.4, -0.2) is 28.9 Å². The molecule has 0 fully saturated rings. The Hall–Kier alpha value is -1.88. The van der Waals surface area contributed by atoms with Crippen LogP contribution in [0.15, 0.2) is 31.1 Å². The van der Waals surface area contributed by atoms with Crippen molar-refractivity contribution in [2.75, 3.05) is 18.8 Å². The summed E-state index contributed by atoms with van der Waals surface area (Å²) in [5, 5.41) is 0.901. The number of amides is 1. The fourth-order valence-corrected chi connectivity index (χ4v) is 3.03. The van der Waals surface area contributed by atoms with Crippen LogP contribution in [0.25, 0.3) is 10.1 Å². The largest absolute Gasteiger partial charge is 0.397 e. The lowest BCUT2D eigenvalue weighted by Crippen LogP contribution is -2.31. The molecule has 2 aromatic heterocycles. The average molecular weight is 275 g/mol. The van der Waals surface area contributed by atoms with Gasteiger partial charge in [-0.2, -0.15) is 0 Å². The molecule has 0 aliphatic carbocycles. The fourth-order valence-electron chi connectivity index (χ4n) is 1.98. The van der Waals surface area contributed by atoms with E-state index in [2.05, 4.69) is 11.6 Å². The third kappa shape index (κ3) is 2.61. The van der Waals surface area contributed by atoms with Crippen molar-refractivity contribution in [3.05, 3.63) is 36.0 Å². The van der Waals surface area contributed by atoms with Gasteiger partial charge in [0.2, 0.25) is 0 Å². The lowest BCUT2D eigenvalue weighted by molar-refractivity contribution is 0.0780. The predicted octanol–water partition coefficient (Wildman–Crippen LogP) is 2.92. The van der Waals surface area contributed by atoms with Crippen LogP contribution in [0.3, 0.4) is 0 Å². The molecular weight excluding hydrogens is 258 g/mol. The molecular formula is C14H17N3OS. The second kappa shape index (κ2) is 5.84. The van der Waals surface area contributed by atoms with Gasteiger partial charge in [0, 0.05) is 30.9 Å². The van der Waals surface area contributed by atoms with Gasteiger partial charge in [0.1, 0.15) is 4.88 Å². The number of nitrogens with zero attached hydrogens (tertiary/aromatic N) is 2. The molecule has 0 bridgehead atoms. The molecule has 2 heterocycles. The topological polar surface area (TPSA) is 59.2 Å². The number of anilines is 1. The predicted molar refractivity (Wildman–Crippen MR) is 80.4 cm³/mol. The highest BCUT2D eigenvalue weighted by Gasteiger charge is 2.20. The minimum atomic E-state index is -0.0274. The summed E-state index contributed by atoms with van der Waals surface area (Å²) in [6.07, 6.45) is 6.07. The molecule has 2 N–H and O–H groups in total. The summed E-state index contributed by atoms with van der Waals surface area (Å²) in [4.78, 5) is 18.9. The minimum absolute atomic E-state index is 0.0274. The van der Waals surface area contributed by atoms with Gasteiger partial charge >= 0.3 is 0 Å². The van der Waals surface area contributed by atoms with Gasteiger partial charge in [0.15, 0.2) is 0 Å². The van der Waals surface area contributed by atoms with Crippen LogP contribution in [0.5, 0.6) is 0 Å². The van der Waals surface area contributed by atoms with Crippen molar-refractivity contribution in [2.45, 2.75) is 13.3 Å². The second-order valence-electron chi connectivity index (χ2n) is 4.26. The summed E-state index contributed by atoms with van der Waals surface area (Å²) in [7, 11) is 0. The van der Waals surface area contributed by atoms with E-state index >= 15 is 0 Å². The number of thiophene rings is 1. The van der Waals surface area contributed by atoms with Crippen molar-refractivity contribution in [2.24, 2.45) is 0 Å². The van der Waals surface area contributed by atoms with Crippen LogP contribution in [0.2, 0.25) is 0 Å². The summed E-state index contributed by atoms with van der Waals surface area (Å²) < 4.78 is 0.943. The molecule has 1 amide bonds. The zero-order valence-electron chi connectivity index (χ0n) is 10.9. The average Bonchev–Trinajstić information content (AvgIpc) is 2.76. The molecule has 0 saturated heterocycles. The number of fused-ring (bicyclic) bond motifs is 1. The van der Waals surface area contributed by atoms with E-state index in [4.69, 9.17) is 5.73 Å². The number of carbonyl (C=O) groups excluding carboxylic acids is 1. The first kappa shape index (κ1) is 13.5. The molecule has 0 aliphatic heterocycles. The molecule has 0 radical (unpaired) electrons. The van der Waals surface area contributed by atoms with Gasteiger partial charge in [-0.1, -0.05) is 13.0 Å². The first-order valence-corrected chi connectivity index (χ1v) is 7.02. The van der Waals surface area contributed by atoms with Crippen molar-refractivity contribution in [3.8, 4) is 0 Å². The maximum Gasteiger partial charge on any atom is 0.266 e. The molecule has 0 aliphatic rings. The maximum absolute atomic E-state index is 12.5. The van der Waals surface area contributed by atoms with Crippen molar-refractivity contribution in [3.63, 3.8) is 0 Å². The van der Waals surface area contributed by atoms with E-state index in [1.165, 1.54) is 11.3 Å². The van der Waals surface area contributed by atoms with Crippen LogP contribution in [0, 0.1) is 0 Å². The van der Waals surface area contributed by atoms with E-state index in [1.807, 2.05) is 13.0 Å². The summed E-state index contributed by atoms with van der Waals surface area (Å²) >= 11 is 1.40. The van der Waals surface area contributed by atoms with Gasteiger partial charge in [-0.3, -0.25) is 9.78 Å². The van der Waals surface area contributed by atoms with E-state index < -0.39 is 0 Å². The molecule has 19 heavy (non-hydrogen) atoms. The van der Waals surface area contributed by atoms with E-state index in [9.17, 15) is 4.79 Å². The SMILES string of the molecule is C=CCN(CCC)C(=O)c1sc2cnccc2c1N. The Morgan fingerprint density at radius 2 is 2.42 bits per heavy atom. The van der Waals surface area contributed by atoms with Crippen LogP contribution >= 0.6 is 11.3 Å². The summed E-state index contributed by atoms with van der Waals surface area (Å²) in [6, 6.07) is 1.84. The lowest BCUT2D eigenvalue weighted by Gasteiger charge is -2.19. The fraction of sp³-hybridized carbons (Fsp3) is 0.286. The molecule has 0 unspecified atom stereocenters. The van der Waals surface area contributed by atoms with Gasteiger partial charge < -0.3 is 10.6 Å². The van der Waals surface area contributed by atoms with Crippen LogP contribution in [-0.2, 0) is 0 Å². The first-order valence-electron chi connectivity index (χ1n) is 6.21. The standard InChI is InChI=1S/C14H17N3OS/c1-3-7-17(8-4-2)14(18)13-12(15)10-5-6-16-9-11(10)19-13/h3,5-6,9H,1,4,7-8,15H2,2H3. The van der Waals surface area contributed by atoms with Crippen LogP contribution in [0.4, 0.5) is 5.69 Å². The Morgan fingerprint density at radius 3 is 3.05 bits per heavy atom. The second-order valence-corrected chi connectivity index (χ2v) is 5.31. The van der Waals surface area contributed by atoms with E-state index in [1.54, 1.807) is 23.4 Å². The molecule has 100 valence electrons. The number of carbonyl (C=O) groups is 1. The van der Waals surface area contributed by atoms with Crippen molar-refractivity contribution >= 4 is 33.0 Å². The molecule has 0 saturated carbocycles. The van der Waals surface area contributed by atoms with Crippen LogP contribution in [0.1, 0.15) is 23.0 Å². The summed E-state index contributed by atoms with van der Waals surface area (Å²) in [5.41, 5.74) is 6.63. The number of aromatic nitrogens is 1. The minimum Gasteiger partial charge on any atom is -0.397 e. The molecule has 0 atom stereocenters. The van der Waals surface area contributed by atoms with Crippen molar-refractivity contribution < 1.29 is 4.79 Å². The van der Waals surface area contributed by atoms with E-state index in [0.29, 0.717) is 23.7 Å². The Labute approximate surface area is 116 Å². The highest BCUT2D eigenvalue weighted by atomic mass is 32.1. The van der Waals surface area contributed by atoms with Gasteiger partial charge in [0.05, 0.1) is 10.4 Å². The molecule has 4 nitrogen and oxygen atoms in total. The van der Waals surface area contributed by atoms with Crippen molar-refractivity contribution in [1.82, 2.24) is 9.88 Å². The number of hydrogen-bond acceptors (Lipinski definition) is 4. The van der Waals surface area contributed by atoms with E-state index in [0.717, 1.165) is 16.5 Å². The number of hydrogen-bond donors (Lipinski definition) is 1. The van der Waals surface area contributed by atoms with E-state index in [-0.39, 0.29) is 5.91 Å². The maximum atomic E-state index is 12.5. The Morgan fingerprint density at radius 1 is 1.63 bits per heavy atom. The third-order valence-electron chi connectivity index (χ3n) is 2.86. The quantitative estimate of drug-likeness (QED) is 0.853. The van der Waals surface area contributed by atoms with Gasteiger partial charge in [0.25, 0.3) is 5.91 Å². The number of nitrogens with two attached hydrogens (primary N) is 1. The lowest BCUT2D eigenvalue weighted by atomic mass is 10.2. The first-order chi connectivity index (χ1) is 9.19. The molecule has 2 aromatic rings. The number of rotatable bonds is 5. The number of nitrogen functional groups attached to an aromatic ring is 1. The van der Waals surface area contributed by atoms with Gasteiger partial charge in [-0.25, -0.2) is 0 Å². The summed E-state index contributed by atoms with van der Waals surface area (Å²) in [5.74, 6) is -0.0274. The monoisotopic (exact) mass is 275 g/mol. The molecule has 5 heteroatoms. The van der Waals surface area contributed by atoms with Crippen LogP contribution < -0.4 is 5.73 Å². The highest BCUT2D eigenvalue weighted by Crippen LogP contribution is 2.33. The Kier molecular flexibility index (Phi) is 4.16. The zero-order valence-corrected chi connectivity index (χ0v) is 11.7. The normalized spacial score (nSPS) is 10.6. The summed E-state index contributed by atoms with van der Waals surface area (Å²) in [6.45, 7) is 6.98. The molecule has 0 aromatic carbocycles. The van der Waals surface area contributed by atoms with Gasteiger partial charge in [-0.05, 0) is 12.5 Å². The zero-order chi connectivity index (χ0) is 13.8. The van der Waals surface area contributed by atoms with Gasteiger partial charge in [-0.15, -0.1) is 17.9 Å². The molecule has 0 spiro atoms. The molecule has 2 rings (SSSR count). The Bertz CT molecular complexity index is 606. The third-order valence-corrected chi connectivity index (χ3v) is 4.00. The highest BCUT2D eigenvalue weighted by molar-refractivity contribution is 7.21. The smallest absolute Gasteiger partial charge is 0.266 e. The number of pyridine rings is 1. The van der Waals surface area contributed by atoms with Crippen molar-refractivity contribution in [1.29, 1.82) is 0 Å². The Balaban J connectivity index is 2.39.